The molecule has 0 saturated heterocycles. The Morgan fingerprint density at radius 3 is 2.03 bits per heavy atom. The summed E-state index contributed by atoms with van der Waals surface area (Å²) in [6.07, 6.45) is -0.254. The van der Waals surface area contributed by atoms with Crippen LogP contribution in [0.5, 0.6) is 0 Å². The lowest BCUT2D eigenvalue weighted by atomic mass is 9.96. The predicted molar refractivity (Wildman–Crippen MR) is 128 cm³/mol. The lowest BCUT2D eigenvalue weighted by molar-refractivity contribution is -0.141. The Labute approximate surface area is 194 Å². The number of benzene rings is 3. The van der Waals surface area contributed by atoms with Crippen LogP contribution in [0.2, 0.25) is 0 Å². The van der Waals surface area contributed by atoms with Crippen molar-refractivity contribution in [2.45, 2.75) is 32.1 Å². The van der Waals surface area contributed by atoms with Gasteiger partial charge in [-0.2, -0.15) is 0 Å². The average Bonchev–Trinajstić information content (AvgIpc) is 3.14. The van der Waals surface area contributed by atoms with Gasteiger partial charge in [-0.1, -0.05) is 86.6 Å². The van der Waals surface area contributed by atoms with Gasteiger partial charge in [0.25, 0.3) is 0 Å². The number of carbonyl (C=O) groups is 2. The third-order valence-corrected chi connectivity index (χ3v) is 6.31. The smallest absolute Gasteiger partial charge is 0.407 e. The van der Waals surface area contributed by atoms with Gasteiger partial charge in [-0.05, 0) is 45.7 Å². The van der Waals surface area contributed by atoms with Crippen molar-refractivity contribution in [2.24, 2.45) is 5.92 Å². The fraction of sp³-hybridized carbons (Fsp3) is 0.286. The molecule has 3 aromatic rings. The molecule has 5 heteroatoms. The number of amides is 1. The number of alkyl carbamates (subject to hydrolysis) is 1. The van der Waals surface area contributed by atoms with E-state index in [1.807, 2.05) is 48.5 Å². The molecule has 0 aliphatic heterocycles. The van der Waals surface area contributed by atoms with Crippen molar-refractivity contribution >= 4 is 12.1 Å². The van der Waals surface area contributed by atoms with E-state index in [1.165, 1.54) is 5.56 Å². The summed E-state index contributed by atoms with van der Waals surface area (Å²) in [6, 6.07) is 24.2. The topological polar surface area (TPSA) is 75.6 Å². The van der Waals surface area contributed by atoms with E-state index in [-0.39, 0.29) is 19.1 Å². The summed E-state index contributed by atoms with van der Waals surface area (Å²) >= 11 is 0. The van der Waals surface area contributed by atoms with Crippen LogP contribution in [0.15, 0.2) is 72.8 Å². The number of carboxylic acid groups (broad SMARTS) is 1. The van der Waals surface area contributed by atoms with Gasteiger partial charge in [0.1, 0.15) is 6.61 Å². The maximum absolute atomic E-state index is 12.4. The molecule has 1 atom stereocenters. The standard InChI is InChI=1S/C28H29NO4/c1-18(2)20-13-11-19(12-14-20)15-21(27(30)31)16-29-28(32)33-17-26-24-9-5-3-7-22(24)23-8-4-6-10-25(23)26/h3-14,18,21,26H,15-17H2,1-2H3,(H,29,32)(H,30,31)/t21-/m0/s1. The number of carbonyl (C=O) groups excluding carboxylic acids is 1. The Kier molecular flexibility index (Phi) is 6.78. The van der Waals surface area contributed by atoms with E-state index < -0.39 is 18.0 Å². The van der Waals surface area contributed by atoms with Gasteiger partial charge in [0.2, 0.25) is 0 Å². The highest BCUT2D eigenvalue weighted by Crippen LogP contribution is 2.44. The second kappa shape index (κ2) is 9.90. The number of carboxylic acids is 1. The Bertz CT molecular complexity index is 1090. The zero-order valence-electron chi connectivity index (χ0n) is 19.0. The molecule has 5 nitrogen and oxygen atoms in total. The van der Waals surface area contributed by atoms with Crippen LogP contribution in [0, 0.1) is 5.92 Å². The molecule has 0 radical (unpaired) electrons. The summed E-state index contributed by atoms with van der Waals surface area (Å²) in [4.78, 5) is 24.1. The van der Waals surface area contributed by atoms with Crippen LogP contribution in [-0.4, -0.2) is 30.3 Å². The van der Waals surface area contributed by atoms with Gasteiger partial charge >= 0.3 is 12.1 Å². The molecular weight excluding hydrogens is 414 g/mol. The first kappa shape index (κ1) is 22.6. The number of aliphatic carboxylic acids is 1. The van der Waals surface area contributed by atoms with Crippen LogP contribution in [0.1, 0.15) is 47.9 Å². The molecule has 0 fully saturated rings. The summed E-state index contributed by atoms with van der Waals surface area (Å²) in [7, 11) is 0. The van der Waals surface area contributed by atoms with Gasteiger partial charge in [-0.3, -0.25) is 4.79 Å². The van der Waals surface area contributed by atoms with E-state index >= 15 is 0 Å². The van der Waals surface area contributed by atoms with E-state index in [1.54, 1.807) is 0 Å². The molecule has 170 valence electrons. The van der Waals surface area contributed by atoms with E-state index in [0.29, 0.717) is 12.3 Å². The first-order chi connectivity index (χ1) is 15.9. The monoisotopic (exact) mass is 443 g/mol. The molecular formula is C28H29NO4. The van der Waals surface area contributed by atoms with Crippen LogP contribution in [0.4, 0.5) is 4.79 Å². The fourth-order valence-corrected chi connectivity index (χ4v) is 4.43. The quantitative estimate of drug-likeness (QED) is 0.476. The first-order valence-electron chi connectivity index (χ1n) is 11.3. The fourth-order valence-electron chi connectivity index (χ4n) is 4.43. The highest BCUT2D eigenvalue weighted by molar-refractivity contribution is 5.79. The highest BCUT2D eigenvalue weighted by Gasteiger charge is 2.29. The molecule has 33 heavy (non-hydrogen) atoms. The number of rotatable bonds is 8. The minimum Gasteiger partial charge on any atom is -0.481 e. The zero-order chi connectivity index (χ0) is 23.4. The van der Waals surface area contributed by atoms with Gasteiger partial charge in [0, 0.05) is 12.5 Å². The van der Waals surface area contributed by atoms with Gasteiger partial charge in [0.15, 0.2) is 0 Å². The van der Waals surface area contributed by atoms with Crippen LogP contribution < -0.4 is 5.32 Å². The molecule has 0 saturated carbocycles. The van der Waals surface area contributed by atoms with Crippen molar-refractivity contribution in [2.75, 3.05) is 13.2 Å². The van der Waals surface area contributed by atoms with Crippen LogP contribution >= 0.6 is 0 Å². The van der Waals surface area contributed by atoms with E-state index in [4.69, 9.17) is 4.74 Å². The summed E-state index contributed by atoms with van der Waals surface area (Å²) in [5, 5.41) is 12.3. The summed E-state index contributed by atoms with van der Waals surface area (Å²) in [6.45, 7) is 4.45. The Morgan fingerprint density at radius 2 is 1.48 bits per heavy atom. The maximum atomic E-state index is 12.4. The van der Waals surface area contributed by atoms with Crippen molar-refractivity contribution in [3.8, 4) is 11.1 Å². The van der Waals surface area contributed by atoms with Crippen LogP contribution in [0.3, 0.4) is 0 Å². The normalized spacial score (nSPS) is 13.3. The maximum Gasteiger partial charge on any atom is 0.407 e. The summed E-state index contributed by atoms with van der Waals surface area (Å²) in [5.74, 6) is -1.28. The Balaban J connectivity index is 1.34. The predicted octanol–water partition coefficient (Wildman–Crippen LogP) is 5.59. The molecule has 1 amide bonds. The van der Waals surface area contributed by atoms with E-state index in [9.17, 15) is 14.7 Å². The van der Waals surface area contributed by atoms with Gasteiger partial charge in [0.05, 0.1) is 5.92 Å². The van der Waals surface area contributed by atoms with E-state index in [0.717, 1.165) is 27.8 Å². The molecule has 0 spiro atoms. The highest BCUT2D eigenvalue weighted by atomic mass is 16.5. The second-order valence-corrected chi connectivity index (χ2v) is 8.84. The molecule has 0 heterocycles. The number of ether oxygens (including phenoxy) is 1. The molecule has 1 aliphatic carbocycles. The third-order valence-electron chi connectivity index (χ3n) is 6.31. The molecule has 0 unspecified atom stereocenters. The van der Waals surface area contributed by atoms with E-state index in [2.05, 4.69) is 43.4 Å². The van der Waals surface area contributed by atoms with Crippen molar-refractivity contribution in [1.29, 1.82) is 0 Å². The lowest BCUT2D eigenvalue weighted by Crippen LogP contribution is -2.35. The number of fused-ring (bicyclic) bond motifs is 3. The molecule has 3 aromatic carbocycles. The summed E-state index contributed by atoms with van der Waals surface area (Å²) in [5.41, 5.74) is 6.75. The average molecular weight is 444 g/mol. The van der Waals surface area contributed by atoms with Crippen molar-refractivity contribution in [1.82, 2.24) is 5.32 Å². The number of nitrogens with one attached hydrogen (secondary N) is 1. The SMILES string of the molecule is CC(C)c1ccc(C[C@@H](CNC(=O)OCC2c3ccccc3-c3ccccc32)C(=O)O)cc1. The van der Waals surface area contributed by atoms with Crippen molar-refractivity contribution in [3.63, 3.8) is 0 Å². The van der Waals surface area contributed by atoms with Gasteiger partial charge < -0.3 is 15.2 Å². The van der Waals surface area contributed by atoms with Crippen LogP contribution in [0.25, 0.3) is 11.1 Å². The lowest BCUT2D eigenvalue weighted by Gasteiger charge is -2.17. The Hall–Kier alpha value is -3.60. The molecule has 2 N–H and O–H groups in total. The Morgan fingerprint density at radius 1 is 0.909 bits per heavy atom. The minimum absolute atomic E-state index is 0.0118. The third kappa shape index (κ3) is 5.08. The zero-order valence-corrected chi connectivity index (χ0v) is 19.0. The minimum atomic E-state index is -0.943. The number of hydrogen-bond donors (Lipinski definition) is 2. The number of hydrogen-bond acceptors (Lipinski definition) is 3. The van der Waals surface area contributed by atoms with Crippen LogP contribution in [-0.2, 0) is 16.0 Å². The van der Waals surface area contributed by atoms with Crippen molar-refractivity contribution < 1.29 is 19.4 Å². The summed E-state index contributed by atoms with van der Waals surface area (Å²) < 4.78 is 5.52. The van der Waals surface area contributed by atoms with Gasteiger partial charge in [-0.25, -0.2) is 4.79 Å². The van der Waals surface area contributed by atoms with Crippen molar-refractivity contribution in [3.05, 3.63) is 95.1 Å². The first-order valence-corrected chi connectivity index (χ1v) is 11.3. The molecule has 0 aromatic heterocycles. The molecule has 1 aliphatic rings. The van der Waals surface area contributed by atoms with Gasteiger partial charge in [-0.15, -0.1) is 0 Å². The second-order valence-electron chi connectivity index (χ2n) is 8.84. The molecule has 4 rings (SSSR count). The largest absolute Gasteiger partial charge is 0.481 e. The molecule has 0 bridgehead atoms.